The van der Waals surface area contributed by atoms with Gasteiger partial charge in [0.25, 0.3) is 0 Å². The largest absolute Gasteiger partial charge is 0.376 e. The molecule has 0 aromatic carbocycles. The number of rotatable bonds is 4. The summed E-state index contributed by atoms with van der Waals surface area (Å²) < 4.78 is 7.59. The maximum atomic E-state index is 5.70. The van der Waals surface area contributed by atoms with E-state index >= 15 is 0 Å². The van der Waals surface area contributed by atoms with Gasteiger partial charge in [-0.05, 0) is 51.0 Å². The van der Waals surface area contributed by atoms with Gasteiger partial charge in [0, 0.05) is 12.1 Å². The number of hydrogen-bond acceptors (Lipinski definition) is 5. The molecule has 0 aliphatic carbocycles. The summed E-state index contributed by atoms with van der Waals surface area (Å²) in [5, 5.41) is 15.4. The highest BCUT2D eigenvalue weighted by atomic mass is 16.5. The molecule has 6 heteroatoms. The molecule has 1 saturated heterocycles. The van der Waals surface area contributed by atoms with E-state index in [1.54, 1.807) is 0 Å². The molecule has 2 atom stereocenters. The van der Waals surface area contributed by atoms with Crippen molar-refractivity contribution in [2.24, 2.45) is 0 Å². The lowest BCUT2D eigenvalue weighted by atomic mass is 10.1. The summed E-state index contributed by atoms with van der Waals surface area (Å²) in [5.41, 5.74) is 0.0594. The molecular weight excluding hydrogens is 230 g/mol. The minimum atomic E-state index is 0.0594. The second-order valence-corrected chi connectivity index (χ2v) is 5.94. The van der Waals surface area contributed by atoms with Crippen molar-refractivity contribution in [1.82, 2.24) is 25.5 Å². The third-order valence-electron chi connectivity index (χ3n) is 3.23. The summed E-state index contributed by atoms with van der Waals surface area (Å²) >= 11 is 0. The van der Waals surface area contributed by atoms with Crippen LogP contribution in [0.3, 0.4) is 0 Å². The van der Waals surface area contributed by atoms with E-state index in [9.17, 15) is 0 Å². The predicted octanol–water partition coefficient (Wildman–Crippen LogP) is 1.30. The second-order valence-electron chi connectivity index (χ2n) is 5.94. The first-order chi connectivity index (χ1) is 8.47. The molecule has 6 nitrogen and oxygen atoms in total. The van der Waals surface area contributed by atoms with Crippen LogP contribution in [0.2, 0.25) is 0 Å². The molecular formula is C12H23N5O. The fourth-order valence-corrected chi connectivity index (χ4v) is 2.13. The van der Waals surface area contributed by atoms with E-state index < -0.39 is 0 Å². The number of nitrogens with zero attached hydrogens (tertiary/aromatic N) is 4. The van der Waals surface area contributed by atoms with Crippen LogP contribution in [0.1, 0.15) is 52.4 Å². The van der Waals surface area contributed by atoms with Gasteiger partial charge in [0.05, 0.1) is 18.7 Å². The quantitative estimate of drug-likeness (QED) is 0.876. The van der Waals surface area contributed by atoms with Crippen molar-refractivity contribution in [3.05, 3.63) is 5.82 Å². The molecule has 0 bridgehead atoms. The fourth-order valence-electron chi connectivity index (χ4n) is 2.13. The maximum Gasteiger partial charge on any atom is 0.165 e. The minimum absolute atomic E-state index is 0.0594. The average Bonchev–Trinajstić information content (AvgIpc) is 2.95. The van der Waals surface area contributed by atoms with Gasteiger partial charge in [-0.15, -0.1) is 5.10 Å². The molecule has 0 amide bonds. The van der Waals surface area contributed by atoms with Crippen LogP contribution >= 0.6 is 0 Å². The Labute approximate surface area is 108 Å². The lowest BCUT2D eigenvalue weighted by molar-refractivity contribution is 0.0671. The summed E-state index contributed by atoms with van der Waals surface area (Å²) in [6.45, 7) is 10.0. The SMILES string of the molecule is CC(C1CCCO1)n1nnnc1CNC(C)(C)C. The zero-order chi connectivity index (χ0) is 13.2. The van der Waals surface area contributed by atoms with Crippen LogP contribution in [0.4, 0.5) is 0 Å². The summed E-state index contributed by atoms with van der Waals surface area (Å²) in [6, 6.07) is 0.194. The molecule has 1 aliphatic heterocycles. The molecule has 1 aromatic heterocycles. The Morgan fingerprint density at radius 3 is 2.89 bits per heavy atom. The van der Waals surface area contributed by atoms with Gasteiger partial charge in [0.1, 0.15) is 0 Å². The van der Waals surface area contributed by atoms with E-state index in [0.717, 1.165) is 25.3 Å². The molecule has 1 aromatic rings. The predicted molar refractivity (Wildman–Crippen MR) is 68.1 cm³/mol. The highest BCUT2D eigenvalue weighted by Crippen LogP contribution is 2.23. The Morgan fingerprint density at radius 1 is 1.50 bits per heavy atom. The summed E-state index contributed by atoms with van der Waals surface area (Å²) in [7, 11) is 0. The van der Waals surface area contributed by atoms with E-state index in [4.69, 9.17) is 4.74 Å². The monoisotopic (exact) mass is 253 g/mol. The Morgan fingerprint density at radius 2 is 2.28 bits per heavy atom. The Balaban J connectivity index is 2.02. The molecule has 1 N–H and O–H groups in total. The standard InChI is InChI=1S/C12H23N5O/c1-9(10-6-5-7-18-10)17-11(14-15-16-17)8-13-12(2,3)4/h9-10,13H,5-8H2,1-4H3. The number of tetrazole rings is 1. The van der Waals surface area contributed by atoms with E-state index in [1.807, 2.05) is 4.68 Å². The smallest absolute Gasteiger partial charge is 0.165 e. The number of ether oxygens (including phenoxy) is 1. The molecule has 0 spiro atoms. The van der Waals surface area contributed by atoms with Gasteiger partial charge in [-0.3, -0.25) is 0 Å². The van der Waals surface area contributed by atoms with Crippen LogP contribution in [0.5, 0.6) is 0 Å². The Hall–Kier alpha value is -1.01. The molecule has 2 unspecified atom stereocenters. The van der Waals surface area contributed by atoms with Gasteiger partial charge >= 0.3 is 0 Å². The third-order valence-corrected chi connectivity index (χ3v) is 3.23. The Kier molecular flexibility index (Phi) is 3.97. The summed E-state index contributed by atoms with van der Waals surface area (Å²) in [6.07, 6.45) is 2.46. The first kappa shape index (κ1) is 13.4. The molecule has 1 aliphatic rings. The summed E-state index contributed by atoms with van der Waals surface area (Å²) in [5.74, 6) is 0.868. The minimum Gasteiger partial charge on any atom is -0.376 e. The highest BCUT2D eigenvalue weighted by Gasteiger charge is 2.26. The number of hydrogen-bond donors (Lipinski definition) is 1. The van der Waals surface area contributed by atoms with E-state index in [2.05, 4.69) is 48.5 Å². The first-order valence-corrected chi connectivity index (χ1v) is 6.61. The zero-order valence-electron chi connectivity index (χ0n) is 11.7. The van der Waals surface area contributed by atoms with Crippen LogP contribution < -0.4 is 5.32 Å². The molecule has 102 valence electrons. The molecule has 0 saturated carbocycles. The van der Waals surface area contributed by atoms with Gasteiger partial charge in [-0.1, -0.05) is 0 Å². The van der Waals surface area contributed by atoms with Crippen molar-refractivity contribution < 1.29 is 4.74 Å². The van der Waals surface area contributed by atoms with Crippen LogP contribution in [0.15, 0.2) is 0 Å². The topological polar surface area (TPSA) is 64.9 Å². The van der Waals surface area contributed by atoms with Gasteiger partial charge in [-0.25, -0.2) is 4.68 Å². The van der Waals surface area contributed by atoms with Crippen molar-refractivity contribution in [2.75, 3.05) is 6.61 Å². The van der Waals surface area contributed by atoms with E-state index in [1.165, 1.54) is 0 Å². The average molecular weight is 253 g/mol. The van der Waals surface area contributed by atoms with Gasteiger partial charge in [0.15, 0.2) is 5.82 Å². The molecule has 2 rings (SSSR count). The van der Waals surface area contributed by atoms with Crippen LogP contribution in [-0.2, 0) is 11.3 Å². The van der Waals surface area contributed by atoms with E-state index in [-0.39, 0.29) is 17.7 Å². The zero-order valence-corrected chi connectivity index (χ0v) is 11.7. The Bertz CT molecular complexity index is 378. The van der Waals surface area contributed by atoms with Crippen molar-refractivity contribution in [3.8, 4) is 0 Å². The summed E-state index contributed by atoms with van der Waals surface area (Å²) in [4.78, 5) is 0. The highest BCUT2D eigenvalue weighted by molar-refractivity contribution is 4.88. The third kappa shape index (κ3) is 3.26. The second kappa shape index (κ2) is 5.32. The van der Waals surface area contributed by atoms with Crippen molar-refractivity contribution in [1.29, 1.82) is 0 Å². The number of aromatic nitrogens is 4. The molecule has 1 fully saturated rings. The van der Waals surface area contributed by atoms with Crippen LogP contribution in [0, 0.1) is 0 Å². The molecule has 18 heavy (non-hydrogen) atoms. The number of nitrogens with one attached hydrogen (secondary N) is 1. The van der Waals surface area contributed by atoms with Crippen molar-refractivity contribution >= 4 is 0 Å². The maximum absolute atomic E-state index is 5.70. The fraction of sp³-hybridized carbons (Fsp3) is 0.917. The van der Waals surface area contributed by atoms with Crippen LogP contribution in [-0.4, -0.2) is 38.5 Å². The first-order valence-electron chi connectivity index (χ1n) is 6.61. The molecule has 2 heterocycles. The van der Waals surface area contributed by atoms with E-state index in [0.29, 0.717) is 6.54 Å². The molecule has 0 radical (unpaired) electrons. The van der Waals surface area contributed by atoms with Crippen molar-refractivity contribution in [3.63, 3.8) is 0 Å². The van der Waals surface area contributed by atoms with Crippen LogP contribution in [0.25, 0.3) is 0 Å². The lowest BCUT2D eigenvalue weighted by Crippen LogP contribution is -2.36. The normalized spacial score (nSPS) is 22.3. The van der Waals surface area contributed by atoms with Crippen molar-refractivity contribution in [2.45, 2.75) is 64.8 Å². The van der Waals surface area contributed by atoms with Gasteiger partial charge < -0.3 is 10.1 Å². The van der Waals surface area contributed by atoms with Gasteiger partial charge in [0.2, 0.25) is 0 Å². The lowest BCUT2D eigenvalue weighted by Gasteiger charge is -2.22. The van der Waals surface area contributed by atoms with Gasteiger partial charge in [-0.2, -0.15) is 0 Å².